The molecule has 0 atom stereocenters. The van der Waals surface area contributed by atoms with Crippen LogP contribution in [0.25, 0.3) is 0 Å². The number of nitrogens with two attached hydrogens (primary N) is 1. The van der Waals surface area contributed by atoms with Crippen LogP contribution in [0.5, 0.6) is 0 Å². The van der Waals surface area contributed by atoms with Crippen LogP contribution in [0.15, 0.2) is 24.3 Å². The number of carbonyl (C=O) groups excluding carboxylic acids is 1. The maximum absolute atomic E-state index is 11.9. The molecule has 5 rings (SSSR count). The van der Waals surface area contributed by atoms with Crippen LogP contribution >= 0.6 is 0 Å². The molecule has 0 radical (unpaired) electrons. The van der Waals surface area contributed by atoms with Gasteiger partial charge in [0.25, 0.3) is 5.91 Å². The van der Waals surface area contributed by atoms with E-state index in [4.69, 9.17) is 5.73 Å². The minimum atomic E-state index is -0.631. The molecule has 8 heteroatoms. The first-order valence-electron chi connectivity index (χ1n) is 12.6. The van der Waals surface area contributed by atoms with Crippen LogP contribution < -0.4 is 16.0 Å². The summed E-state index contributed by atoms with van der Waals surface area (Å²) >= 11 is 0. The third-order valence-corrected chi connectivity index (χ3v) is 7.56. The zero-order chi connectivity index (χ0) is 22.6. The number of primary amides is 1. The van der Waals surface area contributed by atoms with Crippen LogP contribution in [0, 0.1) is 0 Å². The van der Waals surface area contributed by atoms with E-state index in [1.807, 2.05) is 0 Å². The van der Waals surface area contributed by atoms with E-state index >= 15 is 0 Å². The standard InChI is InChI=1S/C25H35N7O/c26-23(33)22-24(28-25(30-29-22)32-14-4-1-5-15-32)27-20-10-8-18(9-11-20)19-12-16-31(17-13-19)21-6-2-3-7-21/h8-11,19,21H,1-7,12-17H2,(H2,26,33)(H,27,28,30). The highest BCUT2D eigenvalue weighted by atomic mass is 16.1. The summed E-state index contributed by atoms with van der Waals surface area (Å²) in [6.45, 7) is 4.24. The molecule has 8 nitrogen and oxygen atoms in total. The molecule has 1 amide bonds. The number of nitrogens with zero attached hydrogens (tertiary/aromatic N) is 5. The van der Waals surface area contributed by atoms with Crippen molar-refractivity contribution in [3.63, 3.8) is 0 Å². The van der Waals surface area contributed by atoms with Gasteiger partial charge in [-0.05, 0) is 81.6 Å². The first-order valence-corrected chi connectivity index (χ1v) is 12.6. The zero-order valence-corrected chi connectivity index (χ0v) is 19.4. The fraction of sp³-hybridized carbons (Fsp3) is 0.600. The Labute approximate surface area is 196 Å². The normalized spacial score (nSPS) is 20.8. The predicted octanol–water partition coefficient (Wildman–Crippen LogP) is 3.83. The van der Waals surface area contributed by atoms with E-state index in [1.165, 1.54) is 63.6 Å². The molecular formula is C25H35N7O. The predicted molar refractivity (Wildman–Crippen MR) is 130 cm³/mol. The van der Waals surface area contributed by atoms with Crippen LogP contribution in [-0.4, -0.2) is 58.2 Å². The summed E-state index contributed by atoms with van der Waals surface area (Å²) in [5.74, 6) is 0.904. The third-order valence-electron chi connectivity index (χ3n) is 7.56. The molecule has 3 heterocycles. The molecule has 3 N–H and O–H groups in total. The molecular weight excluding hydrogens is 414 g/mol. The summed E-state index contributed by atoms with van der Waals surface area (Å²) < 4.78 is 0. The molecule has 3 fully saturated rings. The topological polar surface area (TPSA) is 100 Å². The van der Waals surface area contributed by atoms with Gasteiger partial charge in [-0.15, -0.1) is 10.2 Å². The van der Waals surface area contributed by atoms with Gasteiger partial charge in [0.15, 0.2) is 11.5 Å². The number of hydrogen-bond acceptors (Lipinski definition) is 7. The maximum atomic E-state index is 11.9. The van der Waals surface area contributed by atoms with Gasteiger partial charge < -0.3 is 20.9 Å². The van der Waals surface area contributed by atoms with E-state index in [-0.39, 0.29) is 5.69 Å². The lowest BCUT2D eigenvalue weighted by molar-refractivity contribution is 0.0995. The summed E-state index contributed by atoms with van der Waals surface area (Å²) in [7, 11) is 0. The van der Waals surface area contributed by atoms with Crippen molar-refractivity contribution in [1.82, 2.24) is 20.1 Å². The van der Waals surface area contributed by atoms with Gasteiger partial charge >= 0.3 is 0 Å². The second-order valence-corrected chi connectivity index (χ2v) is 9.72. The Kier molecular flexibility index (Phi) is 6.71. The minimum Gasteiger partial charge on any atom is -0.364 e. The number of carbonyl (C=O) groups is 1. The van der Waals surface area contributed by atoms with Gasteiger partial charge in [-0.1, -0.05) is 25.0 Å². The molecule has 1 aliphatic carbocycles. The van der Waals surface area contributed by atoms with Gasteiger partial charge in [0.1, 0.15) is 0 Å². The Balaban J connectivity index is 1.25. The number of amides is 1. The van der Waals surface area contributed by atoms with Crippen LogP contribution in [0.3, 0.4) is 0 Å². The molecule has 2 aromatic rings. The zero-order valence-electron chi connectivity index (χ0n) is 19.4. The lowest BCUT2D eigenvalue weighted by atomic mass is 9.88. The number of piperidine rings is 2. The Bertz CT molecular complexity index is 944. The summed E-state index contributed by atoms with van der Waals surface area (Å²) in [5, 5.41) is 11.5. The van der Waals surface area contributed by atoms with Crippen LogP contribution in [-0.2, 0) is 0 Å². The number of benzene rings is 1. The summed E-state index contributed by atoms with van der Waals surface area (Å²) in [6, 6.07) is 9.34. The summed E-state index contributed by atoms with van der Waals surface area (Å²) in [6.07, 6.45) is 11.5. The monoisotopic (exact) mass is 449 g/mol. The number of nitrogens with one attached hydrogen (secondary N) is 1. The van der Waals surface area contributed by atoms with E-state index < -0.39 is 5.91 Å². The maximum Gasteiger partial charge on any atom is 0.273 e. The van der Waals surface area contributed by atoms with Crippen LogP contribution in [0.4, 0.5) is 17.5 Å². The molecule has 2 aliphatic heterocycles. The van der Waals surface area contributed by atoms with Crippen molar-refractivity contribution in [1.29, 1.82) is 0 Å². The van der Waals surface area contributed by atoms with Gasteiger partial charge in [0.2, 0.25) is 5.95 Å². The van der Waals surface area contributed by atoms with E-state index in [0.29, 0.717) is 17.7 Å². The first kappa shape index (κ1) is 22.1. The molecule has 176 valence electrons. The van der Waals surface area contributed by atoms with Gasteiger partial charge in [-0.25, -0.2) is 0 Å². The van der Waals surface area contributed by atoms with Crippen molar-refractivity contribution in [3.8, 4) is 0 Å². The molecule has 1 aromatic carbocycles. The highest BCUT2D eigenvalue weighted by Crippen LogP contribution is 2.33. The van der Waals surface area contributed by atoms with Crippen molar-refractivity contribution < 1.29 is 4.79 Å². The van der Waals surface area contributed by atoms with Gasteiger partial charge in [0.05, 0.1) is 0 Å². The van der Waals surface area contributed by atoms with E-state index in [9.17, 15) is 4.79 Å². The van der Waals surface area contributed by atoms with Gasteiger partial charge in [0, 0.05) is 24.8 Å². The van der Waals surface area contributed by atoms with Crippen molar-refractivity contribution in [2.75, 3.05) is 36.4 Å². The van der Waals surface area contributed by atoms with Gasteiger partial charge in [-0.2, -0.15) is 4.98 Å². The Morgan fingerprint density at radius 2 is 1.58 bits per heavy atom. The quantitative estimate of drug-likeness (QED) is 0.691. The highest BCUT2D eigenvalue weighted by molar-refractivity contribution is 5.96. The van der Waals surface area contributed by atoms with Crippen LogP contribution in [0.1, 0.15) is 79.8 Å². The average molecular weight is 450 g/mol. The molecule has 2 saturated heterocycles. The van der Waals surface area contributed by atoms with Crippen molar-refractivity contribution in [2.45, 2.75) is 69.7 Å². The Morgan fingerprint density at radius 3 is 2.24 bits per heavy atom. The van der Waals surface area contributed by atoms with E-state index in [1.54, 1.807) is 0 Å². The van der Waals surface area contributed by atoms with Crippen molar-refractivity contribution >= 4 is 23.4 Å². The fourth-order valence-electron chi connectivity index (χ4n) is 5.64. The minimum absolute atomic E-state index is 0.0686. The highest BCUT2D eigenvalue weighted by Gasteiger charge is 2.27. The SMILES string of the molecule is NC(=O)c1nnc(N2CCCCC2)nc1Nc1ccc(C2CCN(C3CCCC3)CC2)cc1. The number of rotatable bonds is 6. The second kappa shape index (κ2) is 10.0. The van der Waals surface area contributed by atoms with Crippen molar-refractivity contribution in [3.05, 3.63) is 35.5 Å². The smallest absolute Gasteiger partial charge is 0.273 e. The van der Waals surface area contributed by atoms with E-state index in [0.717, 1.165) is 37.7 Å². The second-order valence-electron chi connectivity index (χ2n) is 9.72. The number of likely N-dealkylation sites (tertiary alicyclic amines) is 1. The third kappa shape index (κ3) is 5.11. The molecule has 0 spiro atoms. The molecule has 0 unspecified atom stereocenters. The molecule has 1 aromatic heterocycles. The van der Waals surface area contributed by atoms with Gasteiger partial charge in [-0.3, -0.25) is 4.79 Å². The average Bonchev–Trinajstić information content (AvgIpc) is 3.40. The molecule has 33 heavy (non-hydrogen) atoms. The summed E-state index contributed by atoms with van der Waals surface area (Å²) in [4.78, 5) is 21.3. The number of anilines is 3. The molecule has 1 saturated carbocycles. The summed E-state index contributed by atoms with van der Waals surface area (Å²) in [5.41, 5.74) is 7.86. The molecule has 0 bridgehead atoms. The number of aromatic nitrogens is 3. The number of hydrogen-bond donors (Lipinski definition) is 2. The molecule has 3 aliphatic rings. The van der Waals surface area contributed by atoms with Crippen LogP contribution in [0.2, 0.25) is 0 Å². The lowest BCUT2D eigenvalue weighted by Gasteiger charge is -2.36. The van der Waals surface area contributed by atoms with Crippen molar-refractivity contribution in [2.24, 2.45) is 5.73 Å². The van der Waals surface area contributed by atoms with E-state index in [2.05, 4.69) is 54.6 Å². The fourth-order valence-corrected chi connectivity index (χ4v) is 5.64. The largest absolute Gasteiger partial charge is 0.364 e. The lowest BCUT2D eigenvalue weighted by Crippen LogP contribution is -2.39. The Morgan fingerprint density at radius 1 is 0.879 bits per heavy atom. The Hall–Kier alpha value is -2.74. The first-order chi connectivity index (χ1) is 16.2.